The first-order chi connectivity index (χ1) is 13.0. The molecule has 0 aliphatic carbocycles. The van der Waals surface area contributed by atoms with Gasteiger partial charge in [0.05, 0.1) is 25.2 Å². The summed E-state index contributed by atoms with van der Waals surface area (Å²) in [6, 6.07) is 6.45. The molecule has 0 bridgehead atoms. The summed E-state index contributed by atoms with van der Waals surface area (Å²) in [5.74, 6) is 0.0614. The Morgan fingerprint density at radius 2 is 1.67 bits per heavy atom. The Kier molecular flexibility index (Phi) is 5.19. The lowest BCUT2D eigenvalue weighted by Crippen LogP contribution is -3.17. The fraction of sp³-hybridized carbons (Fsp3) is 0.550. The van der Waals surface area contributed by atoms with Crippen LogP contribution in [0.2, 0.25) is 5.02 Å². The monoisotopic (exact) mass is 390 g/mol. The average molecular weight is 391 g/mol. The molecule has 1 N–H and O–H groups in total. The number of nitrogens with one attached hydrogen (secondary N) is 1. The summed E-state index contributed by atoms with van der Waals surface area (Å²) >= 11 is 5.90. The van der Waals surface area contributed by atoms with Gasteiger partial charge in [-0.2, -0.15) is 0 Å². The Labute approximate surface area is 164 Å². The van der Waals surface area contributed by atoms with Crippen LogP contribution in [0.1, 0.15) is 32.1 Å². The fourth-order valence-electron chi connectivity index (χ4n) is 4.59. The number of rotatable bonds is 3. The van der Waals surface area contributed by atoms with E-state index < -0.39 is 0 Å². The number of anilines is 1. The first-order valence-corrected chi connectivity index (χ1v) is 10.2. The number of quaternary nitrogens is 1. The number of carbonyl (C=O) groups is 3. The van der Waals surface area contributed by atoms with Crippen molar-refractivity contribution in [2.24, 2.45) is 5.92 Å². The highest BCUT2D eigenvalue weighted by Gasteiger charge is 2.47. The van der Waals surface area contributed by atoms with Crippen LogP contribution in [0.5, 0.6) is 0 Å². The van der Waals surface area contributed by atoms with E-state index in [0.29, 0.717) is 10.7 Å². The van der Waals surface area contributed by atoms with E-state index in [1.807, 2.05) is 4.90 Å². The predicted octanol–water partition coefficient (Wildman–Crippen LogP) is 0.889. The van der Waals surface area contributed by atoms with Gasteiger partial charge >= 0.3 is 0 Å². The van der Waals surface area contributed by atoms with Gasteiger partial charge in [-0.3, -0.25) is 14.4 Å². The SMILES string of the molecule is O=C(C1CC[NH+]([C@@H]2CC(=O)N(c3ccc(Cl)cc3)C2=O)CC1)N1CCCC1. The Morgan fingerprint density at radius 3 is 2.30 bits per heavy atom. The molecule has 0 unspecified atom stereocenters. The quantitative estimate of drug-likeness (QED) is 0.780. The fourth-order valence-corrected chi connectivity index (χ4v) is 4.72. The molecule has 3 heterocycles. The molecule has 0 aromatic heterocycles. The topological polar surface area (TPSA) is 62.1 Å². The summed E-state index contributed by atoms with van der Waals surface area (Å²) in [6.45, 7) is 3.31. The number of hydrogen-bond donors (Lipinski definition) is 1. The highest BCUT2D eigenvalue weighted by Crippen LogP contribution is 2.24. The van der Waals surface area contributed by atoms with Crippen molar-refractivity contribution >= 4 is 35.0 Å². The number of halogens is 1. The van der Waals surface area contributed by atoms with Gasteiger partial charge in [-0.1, -0.05) is 11.6 Å². The number of likely N-dealkylation sites (tertiary alicyclic amines) is 2. The lowest BCUT2D eigenvalue weighted by molar-refractivity contribution is -0.920. The van der Waals surface area contributed by atoms with Crippen LogP contribution in [0.3, 0.4) is 0 Å². The van der Waals surface area contributed by atoms with E-state index in [-0.39, 0.29) is 36.1 Å². The van der Waals surface area contributed by atoms with Crippen molar-refractivity contribution in [2.75, 3.05) is 31.1 Å². The molecule has 3 amide bonds. The van der Waals surface area contributed by atoms with E-state index in [4.69, 9.17) is 11.6 Å². The average Bonchev–Trinajstić information content (AvgIpc) is 3.31. The molecular formula is C20H25ClN3O3+. The molecule has 1 aromatic carbocycles. The standard InChI is InChI=1S/C20H24ClN3O3/c21-15-3-5-16(6-4-15)24-18(25)13-17(20(24)27)22-11-7-14(8-12-22)19(26)23-9-1-2-10-23/h3-6,14,17H,1-2,7-13H2/p+1/t17-/m1/s1. The van der Waals surface area contributed by atoms with Crippen molar-refractivity contribution in [3.05, 3.63) is 29.3 Å². The number of hydrogen-bond acceptors (Lipinski definition) is 3. The minimum absolute atomic E-state index is 0.0754. The van der Waals surface area contributed by atoms with Gasteiger partial charge < -0.3 is 9.80 Å². The molecule has 3 aliphatic rings. The number of nitrogens with zero attached hydrogens (tertiary/aromatic N) is 2. The molecule has 3 fully saturated rings. The number of piperidine rings is 1. The van der Waals surface area contributed by atoms with Gasteiger partial charge in [-0.15, -0.1) is 0 Å². The van der Waals surface area contributed by atoms with Crippen LogP contribution in [0.15, 0.2) is 24.3 Å². The molecule has 0 radical (unpaired) electrons. The summed E-state index contributed by atoms with van der Waals surface area (Å²) in [4.78, 5) is 42.4. The molecule has 6 nitrogen and oxygen atoms in total. The Balaban J connectivity index is 1.38. The van der Waals surface area contributed by atoms with Gasteiger partial charge in [-0.25, -0.2) is 4.90 Å². The van der Waals surface area contributed by atoms with Crippen molar-refractivity contribution < 1.29 is 19.3 Å². The third kappa shape index (κ3) is 3.60. The van der Waals surface area contributed by atoms with E-state index in [0.717, 1.165) is 56.8 Å². The Morgan fingerprint density at radius 1 is 1.04 bits per heavy atom. The van der Waals surface area contributed by atoms with Crippen LogP contribution >= 0.6 is 11.6 Å². The van der Waals surface area contributed by atoms with Crippen molar-refractivity contribution in [3.63, 3.8) is 0 Å². The molecule has 1 aromatic rings. The Bertz CT molecular complexity index is 737. The van der Waals surface area contributed by atoms with E-state index in [1.54, 1.807) is 24.3 Å². The zero-order valence-corrected chi connectivity index (χ0v) is 16.1. The number of carbonyl (C=O) groups excluding carboxylic acids is 3. The van der Waals surface area contributed by atoms with Crippen LogP contribution in [0.25, 0.3) is 0 Å². The minimum Gasteiger partial charge on any atom is -0.342 e. The van der Waals surface area contributed by atoms with Crippen LogP contribution in [0.4, 0.5) is 5.69 Å². The summed E-state index contributed by atoms with van der Waals surface area (Å²) in [7, 11) is 0. The number of imide groups is 1. The first-order valence-electron chi connectivity index (χ1n) is 9.80. The second-order valence-electron chi connectivity index (χ2n) is 7.77. The maximum Gasteiger partial charge on any atom is 0.292 e. The normalized spacial score (nSPS) is 28.9. The number of benzene rings is 1. The third-order valence-electron chi connectivity index (χ3n) is 6.12. The predicted molar refractivity (Wildman–Crippen MR) is 102 cm³/mol. The molecule has 0 spiro atoms. The van der Waals surface area contributed by atoms with Crippen molar-refractivity contribution in [3.8, 4) is 0 Å². The highest BCUT2D eigenvalue weighted by atomic mass is 35.5. The van der Waals surface area contributed by atoms with Crippen LogP contribution in [-0.2, 0) is 14.4 Å². The largest absolute Gasteiger partial charge is 0.342 e. The van der Waals surface area contributed by atoms with Gasteiger partial charge in [0.25, 0.3) is 5.91 Å². The van der Waals surface area contributed by atoms with E-state index >= 15 is 0 Å². The molecule has 7 heteroatoms. The van der Waals surface area contributed by atoms with E-state index in [9.17, 15) is 14.4 Å². The van der Waals surface area contributed by atoms with Crippen molar-refractivity contribution in [2.45, 2.75) is 38.1 Å². The lowest BCUT2D eigenvalue weighted by Gasteiger charge is -2.33. The highest BCUT2D eigenvalue weighted by molar-refractivity contribution is 6.30. The zero-order chi connectivity index (χ0) is 19.0. The second kappa shape index (κ2) is 7.60. The van der Waals surface area contributed by atoms with Crippen LogP contribution < -0.4 is 9.80 Å². The van der Waals surface area contributed by atoms with Gasteiger partial charge in [0, 0.05) is 36.9 Å². The van der Waals surface area contributed by atoms with Gasteiger partial charge in [0.15, 0.2) is 6.04 Å². The lowest BCUT2D eigenvalue weighted by atomic mass is 9.94. The van der Waals surface area contributed by atoms with Crippen molar-refractivity contribution in [1.82, 2.24) is 4.90 Å². The second-order valence-corrected chi connectivity index (χ2v) is 8.20. The van der Waals surface area contributed by atoms with E-state index in [2.05, 4.69) is 0 Å². The van der Waals surface area contributed by atoms with Crippen LogP contribution in [0, 0.1) is 5.92 Å². The van der Waals surface area contributed by atoms with Gasteiger partial charge in [-0.05, 0) is 37.1 Å². The molecular weight excluding hydrogens is 366 g/mol. The summed E-state index contributed by atoms with van der Waals surface area (Å²) < 4.78 is 0. The van der Waals surface area contributed by atoms with E-state index in [1.165, 1.54) is 4.90 Å². The molecule has 144 valence electrons. The molecule has 0 saturated carbocycles. The molecule has 4 rings (SSSR count). The van der Waals surface area contributed by atoms with Crippen molar-refractivity contribution in [1.29, 1.82) is 0 Å². The van der Waals surface area contributed by atoms with Gasteiger partial charge in [0.2, 0.25) is 11.8 Å². The minimum atomic E-state index is -0.337. The summed E-state index contributed by atoms with van der Waals surface area (Å²) in [5, 5.41) is 0.574. The maximum atomic E-state index is 12.9. The molecule has 1 atom stereocenters. The maximum absolute atomic E-state index is 12.9. The first kappa shape index (κ1) is 18.4. The zero-order valence-electron chi connectivity index (χ0n) is 15.3. The smallest absolute Gasteiger partial charge is 0.292 e. The summed E-state index contributed by atoms with van der Waals surface area (Å²) in [6.07, 6.45) is 4.04. The molecule has 27 heavy (non-hydrogen) atoms. The third-order valence-corrected chi connectivity index (χ3v) is 6.37. The number of amides is 3. The summed E-state index contributed by atoms with van der Waals surface area (Å²) in [5.41, 5.74) is 0.579. The molecule has 3 aliphatic heterocycles. The van der Waals surface area contributed by atoms with Crippen LogP contribution in [-0.4, -0.2) is 54.8 Å². The molecule has 3 saturated heterocycles. The Hall–Kier alpha value is -1.92. The van der Waals surface area contributed by atoms with Gasteiger partial charge in [0.1, 0.15) is 0 Å².